The number of carboxylic acids is 1. The molecular weight excluding hydrogens is 368 g/mol. The van der Waals surface area contributed by atoms with Crippen molar-refractivity contribution in [1.82, 2.24) is 0 Å². The van der Waals surface area contributed by atoms with E-state index in [9.17, 15) is 9.59 Å². The minimum Gasteiger partial charge on any atom is -0.481 e. The second kappa shape index (κ2) is 23.2. The number of unbranched alkanes of at least 4 members (excludes halogenated alkanes) is 11. The van der Waals surface area contributed by atoms with Crippen LogP contribution in [0.3, 0.4) is 0 Å². The van der Waals surface area contributed by atoms with Crippen LogP contribution in [0.1, 0.15) is 124 Å². The van der Waals surface area contributed by atoms with E-state index in [2.05, 4.69) is 20.8 Å². The van der Waals surface area contributed by atoms with Crippen molar-refractivity contribution < 1.29 is 24.5 Å². The number of rotatable bonds is 18. The van der Waals surface area contributed by atoms with Crippen molar-refractivity contribution in [3.05, 3.63) is 0 Å². The van der Waals surface area contributed by atoms with E-state index >= 15 is 0 Å². The van der Waals surface area contributed by atoms with Gasteiger partial charge in [-0.3, -0.25) is 4.79 Å². The number of ether oxygens (including phenoxy) is 1. The average molecular weight is 417 g/mol. The Morgan fingerprint density at radius 1 is 0.759 bits per heavy atom. The molecule has 0 spiro atoms. The standard InChI is InChI=1S/C15H30O3.C9H18O2/c1-3-4-5-6-7-8-9-10-11-12-13-18-15(17)14(2)16;1-8(2)6-4-3-5-7-9(10)11/h14,16H,3-13H2,1-2H3;8H,3-7H2,1-2H3,(H,10,11). The summed E-state index contributed by atoms with van der Waals surface area (Å²) < 4.78 is 4.89. The molecule has 1 unspecified atom stereocenters. The summed E-state index contributed by atoms with van der Waals surface area (Å²) in [5.74, 6) is -0.430. The lowest BCUT2D eigenvalue weighted by Crippen LogP contribution is -2.19. The van der Waals surface area contributed by atoms with E-state index in [0.29, 0.717) is 13.0 Å². The van der Waals surface area contributed by atoms with Crippen LogP contribution in [0.15, 0.2) is 0 Å². The first-order valence-electron chi connectivity index (χ1n) is 11.9. The van der Waals surface area contributed by atoms with Crippen molar-refractivity contribution in [3.8, 4) is 0 Å². The maximum Gasteiger partial charge on any atom is 0.334 e. The monoisotopic (exact) mass is 416 g/mol. The fourth-order valence-electron chi connectivity index (χ4n) is 2.89. The van der Waals surface area contributed by atoms with Gasteiger partial charge >= 0.3 is 11.9 Å². The molecule has 0 aliphatic carbocycles. The third-order valence-electron chi connectivity index (χ3n) is 4.76. The van der Waals surface area contributed by atoms with Crippen molar-refractivity contribution in [2.45, 2.75) is 130 Å². The molecule has 5 heteroatoms. The fraction of sp³-hybridized carbons (Fsp3) is 0.917. The topological polar surface area (TPSA) is 83.8 Å². The number of aliphatic carboxylic acids is 1. The Hall–Kier alpha value is -1.10. The summed E-state index contributed by atoms with van der Waals surface area (Å²) in [4.78, 5) is 21.0. The molecule has 0 aromatic carbocycles. The predicted octanol–water partition coefficient (Wildman–Crippen LogP) is 6.51. The molecule has 0 bridgehead atoms. The summed E-state index contributed by atoms with van der Waals surface area (Å²) in [5, 5.41) is 17.2. The van der Waals surface area contributed by atoms with E-state index in [-0.39, 0.29) is 0 Å². The highest BCUT2D eigenvalue weighted by Gasteiger charge is 2.08. The van der Waals surface area contributed by atoms with Gasteiger partial charge in [0, 0.05) is 6.42 Å². The Balaban J connectivity index is 0. The van der Waals surface area contributed by atoms with Gasteiger partial charge in [-0.2, -0.15) is 0 Å². The van der Waals surface area contributed by atoms with E-state index in [4.69, 9.17) is 14.9 Å². The largest absolute Gasteiger partial charge is 0.481 e. The van der Waals surface area contributed by atoms with E-state index < -0.39 is 18.0 Å². The summed E-state index contributed by atoms with van der Waals surface area (Å²) in [5.41, 5.74) is 0. The molecule has 0 aliphatic heterocycles. The summed E-state index contributed by atoms with van der Waals surface area (Å²) in [6.45, 7) is 8.50. The third-order valence-corrected chi connectivity index (χ3v) is 4.76. The highest BCUT2D eigenvalue weighted by atomic mass is 16.5. The van der Waals surface area contributed by atoms with Gasteiger partial charge in [0.25, 0.3) is 0 Å². The Kier molecular flexibility index (Phi) is 24.1. The van der Waals surface area contributed by atoms with Gasteiger partial charge in [0.05, 0.1) is 6.61 Å². The molecule has 0 aromatic heterocycles. The Bertz CT molecular complexity index is 366. The molecule has 0 saturated carbocycles. The van der Waals surface area contributed by atoms with Crippen LogP contribution < -0.4 is 0 Å². The summed E-state index contributed by atoms with van der Waals surface area (Å²) >= 11 is 0. The van der Waals surface area contributed by atoms with Crippen molar-refractivity contribution in [1.29, 1.82) is 0 Å². The van der Waals surface area contributed by atoms with E-state index in [1.54, 1.807) is 0 Å². The van der Waals surface area contributed by atoms with Crippen molar-refractivity contribution in [2.24, 2.45) is 5.92 Å². The van der Waals surface area contributed by atoms with E-state index in [1.165, 1.54) is 71.1 Å². The molecule has 0 heterocycles. The average Bonchev–Trinajstić information content (AvgIpc) is 2.65. The van der Waals surface area contributed by atoms with Crippen LogP contribution in [-0.2, 0) is 14.3 Å². The summed E-state index contributed by atoms with van der Waals surface area (Å²) in [6, 6.07) is 0. The van der Waals surface area contributed by atoms with Crippen LogP contribution in [0.5, 0.6) is 0 Å². The van der Waals surface area contributed by atoms with Gasteiger partial charge in [0.2, 0.25) is 0 Å². The minimum absolute atomic E-state index is 0.331. The molecule has 29 heavy (non-hydrogen) atoms. The van der Waals surface area contributed by atoms with Gasteiger partial charge in [0.1, 0.15) is 6.10 Å². The quantitative estimate of drug-likeness (QED) is 0.196. The number of aliphatic hydroxyl groups is 1. The summed E-state index contributed by atoms with van der Waals surface area (Å²) in [6.07, 6.45) is 16.3. The lowest BCUT2D eigenvalue weighted by molar-refractivity contribution is -0.152. The number of carboxylic acid groups (broad SMARTS) is 1. The molecule has 2 N–H and O–H groups in total. The van der Waals surface area contributed by atoms with E-state index in [1.807, 2.05) is 0 Å². The van der Waals surface area contributed by atoms with Crippen molar-refractivity contribution in [2.75, 3.05) is 6.61 Å². The molecule has 1 atom stereocenters. The smallest absolute Gasteiger partial charge is 0.334 e. The summed E-state index contributed by atoms with van der Waals surface area (Å²) in [7, 11) is 0. The zero-order valence-corrected chi connectivity index (χ0v) is 19.6. The van der Waals surface area contributed by atoms with Crippen LogP contribution >= 0.6 is 0 Å². The van der Waals surface area contributed by atoms with Gasteiger partial charge in [-0.1, -0.05) is 97.8 Å². The van der Waals surface area contributed by atoms with Gasteiger partial charge in [-0.05, 0) is 25.7 Å². The van der Waals surface area contributed by atoms with Crippen molar-refractivity contribution >= 4 is 11.9 Å². The van der Waals surface area contributed by atoms with Crippen LogP contribution in [0.2, 0.25) is 0 Å². The molecule has 0 amide bonds. The normalized spacial score (nSPS) is 11.7. The van der Waals surface area contributed by atoms with Gasteiger partial charge in [-0.15, -0.1) is 0 Å². The second-order valence-corrected chi connectivity index (χ2v) is 8.41. The maximum absolute atomic E-state index is 10.9. The number of carbonyl (C=O) groups is 2. The molecule has 0 aliphatic rings. The first kappa shape index (κ1) is 30.1. The Morgan fingerprint density at radius 3 is 1.69 bits per heavy atom. The maximum atomic E-state index is 10.9. The lowest BCUT2D eigenvalue weighted by Gasteiger charge is -2.06. The zero-order valence-electron chi connectivity index (χ0n) is 19.6. The molecule has 0 fully saturated rings. The second-order valence-electron chi connectivity index (χ2n) is 8.41. The van der Waals surface area contributed by atoms with Crippen LogP contribution in [-0.4, -0.2) is 34.9 Å². The third kappa shape index (κ3) is 29.2. The molecular formula is C24H48O5. The number of aliphatic hydroxyl groups excluding tert-OH is 1. The van der Waals surface area contributed by atoms with Crippen molar-refractivity contribution in [3.63, 3.8) is 0 Å². The molecule has 174 valence electrons. The molecule has 0 aromatic rings. The van der Waals surface area contributed by atoms with Crippen LogP contribution in [0.4, 0.5) is 0 Å². The van der Waals surface area contributed by atoms with Crippen LogP contribution in [0.25, 0.3) is 0 Å². The highest BCUT2D eigenvalue weighted by Crippen LogP contribution is 2.11. The molecule has 0 saturated heterocycles. The Morgan fingerprint density at radius 2 is 1.24 bits per heavy atom. The number of carbonyl (C=O) groups excluding carboxylic acids is 1. The first-order chi connectivity index (χ1) is 13.8. The number of hydrogen-bond donors (Lipinski definition) is 2. The fourth-order valence-corrected chi connectivity index (χ4v) is 2.89. The molecule has 0 rings (SSSR count). The SMILES string of the molecule is CC(C)CCCCCC(=O)O.CCCCCCCCCCCCOC(=O)C(C)O. The Labute approximate surface area is 179 Å². The van der Waals surface area contributed by atoms with Crippen LogP contribution in [0, 0.1) is 5.92 Å². The highest BCUT2D eigenvalue weighted by molar-refractivity contribution is 5.73. The molecule has 0 radical (unpaired) electrons. The zero-order chi connectivity index (χ0) is 22.3. The van der Waals surface area contributed by atoms with E-state index in [0.717, 1.165) is 31.6 Å². The predicted molar refractivity (Wildman–Crippen MR) is 120 cm³/mol. The van der Waals surface area contributed by atoms with Gasteiger partial charge in [0.15, 0.2) is 0 Å². The lowest BCUT2D eigenvalue weighted by atomic mass is 10.0. The number of esters is 1. The first-order valence-corrected chi connectivity index (χ1v) is 11.9. The van der Waals surface area contributed by atoms with Gasteiger partial charge < -0.3 is 14.9 Å². The minimum atomic E-state index is -0.992. The molecule has 5 nitrogen and oxygen atoms in total. The number of hydrogen-bond acceptors (Lipinski definition) is 4. The van der Waals surface area contributed by atoms with Gasteiger partial charge in [-0.25, -0.2) is 4.79 Å².